The first-order valence-corrected chi connectivity index (χ1v) is 8.77. The van der Waals surface area contributed by atoms with Crippen LogP contribution in [0, 0.1) is 0 Å². The number of hydrogen-bond acceptors (Lipinski definition) is 6. The van der Waals surface area contributed by atoms with E-state index in [1.807, 2.05) is 36.5 Å². The van der Waals surface area contributed by atoms with Crippen molar-refractivity contribution in [1.82, 2.24) is 15.0 Å². The average Bonchev–Trinajstić information content (AvgIpc) is 2.74. The minimum Gasteiger partial charge on any atom is -0.378 e. The molecule has 3 heterocycles. The fourth-order valence-electron chi connectivity index (χ4n) is 2.92. The standard InChI is InChI=1S/C20H21N5O/c1-2-4-16(5-3-1)13-21-19-12-18(23-15-24-19)17-6-7-20(22-14-17)25-8-10-26-11-9-25/h1-7,12,14-15H,8-11,13H2,(H,21,23,24). The second kappa shape index (κ2) is 7.93. The Morgan fingerprint density at radius 3 is 2.58 bits per heavy atom. The normalized spacial score (nSPS) is 14.2. The molecule has 0 saturated carbocycles. The van der Waals surface area contributed by atoms with Gasteiger partial charge in [-0.05, 0) is 17.7 Å². The Morgan fingerprint density at radius 2 is 1.81 bits per heavy atom. The van der Waals surface area contributed by atoms with Crippen molar-refractivity contribution in [2.45, 2.75) is 6.54 Å². The largest absolute Gasteiger partial charge is 0.378 e. The molecule has 1 fully saturated rings. The summed E-state index contributed by atoms with van der Waals surface area (Å²) in [4.78, 5) is 15.5. The molecule has 0 radical (unpaired) electrons. The highest BCUT2D eigenvalue weighted by molar-refractivity contribution is 5.62. The van der Waals surface area contributed by atoms with Crippen LogP contribution in [-0.4, -0.2) is 41.3 Å². The number of rotatable bonds is 5. The molecule has 2 aromatic heterocycles. The van der Waals surface area contributed by atoms with Crippen LogP contribution in [0.25, 0.3) is 11.3 Å². The third-order valence-corrected chi connectivity index (χ3v) is 4.36. The van der Waals surface area contributed by atoms with Crippen LogP contribution in [0.3, 0.4) is 0 Å². The molecule has 0 aliphatic carbocycles. The van der Waals surface area contributed by atoms with Crippen LogP contribution in [0.2, 0.25) is 0 Å². The molecular formula is C20H21N5O. The van der Waals surface area contributed by atoms with Crippen LogP contribution in [0.15, 0.2) is 61.1 Å². The third kappa shape index (κ3) is 3.97. The molecule has 1 N–H and O–H groups in total. The van der Waals surface area contributed by atoms with Gasteiger partial charge >= 0.3 is 0 Å². The number of pyridine rings is 1. The Morgan fingerprint density at radius 1 is 0.962 bits per heavy atom. The van der Waals surface area contributed by atoms with Gasteiger partial charge in [0.1, 0.15) is 18.0 Å². The van der Waals surface area contributed by atoms with Crippen molar-refractivity contribution in [3.8, 4) is 11.3 Å². The number of ether oxygens (including phenoxy) is 1. The van der Waals surface area contributed by atoms with Crippen LogP contribution in [0.5, 0.6) is 0 Å². The van der Waals surface area contributed by atoms with Gasteiger partial charge in [-0.1, -0.05) is 30.3 Å². The zero-order valence-electron chi connectivity index (χ0n) is 14.5. The average molecular weight is 347 g/mol. The van der Waals surface area contributed by atoms with E-state index in [4.69, 9.17) is 4.74 Å². The van der Waals surface area contributed by atoms with E-state index in [-0.39, 0.29) is 0 Å². The number of aromatic nitrogens is 3. The molecule has 1 aromatic carbocycles. The molecule has 0 unspecified atom stereocenters. The molecule has 6 nitrogen and oxygen atoms in total. The van der Waals surface area contributed by atoms with E-state index in [2.05, 4.69) is 43.4 Å². The lowest BCUT2D eigenvalue weighted by Crippen LogP contribution is -2.36. The van der Waals surface area contributed by atoms with E-state index in [9.17, 15) is 0 Å². The highest BCUT2D eigenvalue weighted by Gasteiger charge is 2.12. The van der Waals surface area contributed by atoms with Crippen molar-refractivity contribution in [2.75, 3.05) is 36.5 Å². The van der Waals surface area contributed by atoms with Crippen LogP contribution < -0.4 is 10.2 Å². The van der Waals surface area contributed by atoms with Crippen molar-refractivity contribution in [2.24, 2.45) is 0 Å². The quantitative estimate of drug-likeness (QED) is 0.765. The van der Waals surface area contributed by atoms with Gasteiger partial charge < -0.3 is 15.0 Å². The number of hydrogen-bond donors (Lipinski definition) is 1. The van der Waals surface area contributed by atoms with Gasteiger partial charge in [0.15, 0.2) is 0 Å². The second-order valence-electron chi connectivity index (χ2n) is 6.13. The fourth-order valence-corrected chi connectivity index (χ4v) is 2.92. The number of benzene rings is 1. The first-order chi connectivity index (χ1) is 12.9. The van der Waals surface area contributed by atoms with Gasteiger partial charge in [-0.15, -0.1) is 0 Å². The van der Waals surface area contributed by atoms with E-state index < -0.39 is 0 Å². The summed E-state index contributed by atoms with van der Waals surface area (Å²) in [6, 6.07) is 16.3. The van der Waals surface area contributed by atoms with Crippen LogP contribution in [-0.2, 0) is 11.3 Å². The lowest BCUT2D eigenvalue weighted by atomic mass is 10.2. The molecule has 0 spiro atoms. The molecule has 0 atom stereocenters. The topological polar surface area (TPSA) is 63.2 Å². The summed E-state index contributed by atoms with van der Waals surface area (Å²) in [7, 11) is 0. The summed E-state index contributed by atoms with van der Waals surface area (Å²) in [5, 5.41) is 3.34. The number of nitrogens with one attached hydrogen (secondary N) is 1. The van der Waals surface area contributed by atoms with Gasteiger partial charge in [-0.25, -0.2) is 15.0 Å². The molecule has 0 bridgehead atoms. The Labute approximate surface area is 152 Å². The lowest BCUT2D eigenvalue weighted by Gasteiger charge is -2.27. The maximum absolute atomic E-state index is 5.39. The van der Waals surface area contributed by atoms with Gasteiger partial charge in [0.2, 0.25) is 0 Å². The van der Waals surface area contributed by atoms with E-state index in [0.717, 1.165) is 55.7 Å². The molecule has 6 heteroatoms. The third-order valence-electron chi connectivity index (χ3n) is 4.36. The molecule has 1 aliphatic rings. The van der Waals surface area contributed by atoms with Crippen molar-refractivity contribution in [3.63, 3.8) is 0 Å². The van der Waals surface area contributed by atoms with Crippen LogP contribution in [0.1, 0.15) is 5.56 Å². The van der Waals surface area contributed by atoms with Gasteiger partial charge in [-0.3, -0.25) is 0 Å². The molecule has 26 heavy (non-hydrogen) atoms. The summed E-state index contributed by atoms with van der Waals surface area (Å²) in [5.74, 6) is 1.78. The highest BCUT2D eigenvalue weighted by atomic mass is 16.5. The summed E-state index contributed by atoms with van der Waals surface area (Å²) >= 11 is 0. The zero-order chi connectivity index (χ0) is 17.6. The summed E-state index contributed by atoms with van der Waals surface area (Å²) in [6.07, 6.45) is 3.45. The van der Waals surface area contributed by atoms with Crippen molar-refractivity contribution < 1.29 is 4.74 Å². The van der Waals surface area contributed by atoms with Crippen molar-refractivity contribution in [3.05, 3.63) is 66.6 Å². The number of nitrogens with zero attached hydrogens (tertiary/aromatic N) is 4. The SMILES string of the molecule is c1ccc(CNc2cc(-c3ccc(N4CCOCC4)nc3)ncn2)cc1. The smallest absolute Gasteiger partial charge is 0.130 e. The monoisotopic (exact) mass is 347 g/mol. The highest BCUT2D eigenvalue weighted by Crippen LogP contribution is 2.21. The molecular weight excluding hydrogens is 326 g/mol. The van der Waals surface area contributed by atoms with Crippen LogP contribution >= 0.6 is 0 Å². The number of anilines is 2. The van der Waals surface area contributed by atoms with Gasteiger partial charge in [0, 0.05) is 37.5 Å². The Kier molecular flexibility index (Phi) is 5.02. The Hall–Kier alpha value is -2.99. The minimum atomic E-state index is 0.728. The maximum atomic E-state index is 5.39. The van der Waals surface area contributed by atoms with E-state index in [1.165, 1.54) is 5.56 Å². The summed E-state index contributed by atoms with van der Waals surface area (Å²) < 4.78 is 5.39. The molecule has 1 aliphatic heterocycles. The molecule has 4 rings (SSSR count). The predicted octanol–water partition coefficient (Wildman–Crippen LogP) is 2.99. The molecule has 132 valence electrons. The fraction of sp³-hybridized carbons (Fsp3) is 0.250. The van der Waals surface area contributed by atoms with Crippen molar-refractivity contribution in [1.29, 1.82) is 0 Å². The first-order valence-electron chi connectivity index (χ1n) is 8.77. The maximum Gasteiger partial charge on any atom is 0.130 e. The molecule has 0 amide bonds. The Balaban J connectivity index is 1.45. The van der Waals surface area contributed by atoms with Gasteiger partial charge in [0.25, 0.3) is 0 Å². The van der Waals surface area contributed by atoms with Crippen molar-refractivity contribution >= 4 is 11.6 Å². The zero-order valence-corrected chi connectivity index (χ0v) is 14.5. The van der Waals surface area contributed by atoms with Crippen LogP contribution in [0.4, 0.5) is 11.6 Å². The van der Waals surface area contributed by atoms with Gasteiger partial charge in [-0.2, -0.15) is 0 Å². The van der Waals surface area contributed by atoms with E-state index in [1.54, 1.807) is 6.33 Å². The second-order valence-corrected chi connectivity index (χ2v) is 6.13. The number of morpholine rings is 1. The lowest BCUT2D eigenvalue weighted by molar-refractivity contribution is 0.122. The molecule has 3 aromatic rings. The van der Waals surface area contributed by atoms with E-state index >= 15 is 0 Å². The molecule has 1 saturated heterocycles. The van der Waals surface area contributed by atoms with E-state index in [0.29, 0.717) is 0 Å². The Bertz CT molecular complexity index is 832. The summed E-state index contributed by atoms with van der Waals surface area (Å²) in [6.45, 7) is 4.00. The van der Waals surface area contributed by atoms with Gasteiger partial charge in [0.05, 0.1) is 18.9 Å². The summed E-state index contributed by atoms with van der Waals surface area (Å²) in [5.41, 5.74) is 3.05. The minimum absolute atomic E-state index is 0.728. The predicted molar refractivity (Wildman–Crippen MR) is 102 cm³/mol. The first kappa shape index (κ1) is 16.5.